The molecule has 3 heteroatoms. The molecule has 0 aliphatic heterocycles. The number of rotatable bonds is 27. The van der Waals surface area contributed by atoms with Gasteiger partial charge in [0.2, 0.25) is 0 Å². The van der Waals surface area contributed by atoms with Crippen LogP contribution in [0.4, 0.5) is 0 Å². The molecule has 0 atom stereocenters. The number of esters is 1. The summed E-state index contributed by atoms with van der Waals surface area (Å²) in [6.45, 7) is 2.71. The number of ether oxygens (including phenoxy) is 1. The van der Waals surface area contributed by atoms with Gasteiger partial charge < -0.3 is 9.84 Å². The second-order valence-corrected chi connectivity index (χ2v) is 11.2. The minimum Gasteiger partial charge on any atom is -0.508 e. The summed E-state index contributed by atoms with van der Waals surface area (Å²) in [7, 11) is 0. The van der Waals surface area contributed by atoms with E-state index in [0.29, 0.717) is 19.4 Å². The van der Waals surface area contributed by atoms with Crippen molar-refractivity contribution in [2.24, 2.45) is 0 Å². The number of phenolic OH excluding ortho intramolecular Hbond substituents is 1. The lowest BCUT2D eigenvalue weighted by molar-refractivity contribution is -0.143. The zero-order valence-corrected chi connectivity index (χ0v) is 24.5. The van der Waals surface area contributed by atoms with E-state index < -0.39 is 0 Å². The van der Waals surface area contributed by atoms with Gasteiger partial charge >= 0.3 is 5.97 Å². The van der Waals surface area contributed by atoms with Crippen LogP contribution in [-0.2, 0) is 16.0 Å². The molecule has 0 aliphatic carbocycles. The molecule has 0 amide bonds. The first-order valence-electron chi connectivity index (χ1n) is 16.2. The molecule has 0 radical (unpaired) electrons. The van der Waals surface area contributed by atoms with E-state index in [4.69, 9.17) is 4.74 Å². The minimum absolute atomic E-state index is 0.0812. The molecular weight excluding hydrogens is 456 g/mol. The fourth-order valence-corrected chi connectivity index (χ4v) is 5.07. The Kier molecular flexibility index (Phi) is 23.7. The molecule has 1 N–H and O–H groups in total. The first-order chi connectivity index (χ1) is 18.2. The molecule has 0 spiro atoms. The Bertz CT molecular complexity index is 610. The Morgan fingerprint density at radius 3 is 1.30 bits per heavy atom. The number of carbonyl (C=O) groups is 1. The van der Waals surface area contributed by atoms with Gasteiger partial charge in [0.15, 0.2) is 0 Å². The number of unbranched alkanes of at least 4 members (excludes halogenated alkanes) is 22. The SMILES string of the molecule is CCCCCCCCCCCCCCCCCCCCCCCCCC(=O)OCCc1ccc(O)cc1. The van der Waals surface area contributed by atoms with Gasteiger partial charge in [0, 0.05) is 12.8 Å². The molecular formula is C34H60O3. The Morgan fingerprint density at radius 2 is 0.919 bits per heavy atom. The topological polar surface area (TPSA) is 46.5 Å². The highest BCUT2D eigenvalue weighted by molar-refractivity contribution is 5.69. The number of aromatic hydroxyl groups is 1. The molecule has 0 saturated heterocycles. The van der Waals surface area contributed by atoms with Crippen LogP contribution in [0.2, 0.25) is 0 Å². The maximum atomic E-state index is 11.8. The summed E-state index contributed by atoms with van der Waals surface area (Å²) in [5.41, 5.74) is 1.07. The van der Waals surface area contributed by atoms with Gasteiger partial charge in [0.1, 0.15) is 5.75 Å². The number of benzene rings is 1. The van der Waals surface area contributed by atoms with Crippen molar-refractivity contribution in [3.63, 3.8) is 0 Å². The third-order valence-electron chi connectivity index (χ3n) is 7.57. The highest BCUT2D eigenvalue weighted by Crippen LogP contribution is 2.16. The lowest BCUT2D eigenvalue weighted by Gasteiger charge is -2.06. The van der Waals surface area contributed by atoms with E-state index >= 15 is 0 Å². The molecule has 0 unspecified atom stereocenters. The summed E-state index contributed by atoms with van der Waals surface area (Å²) in [5.74, 6) is 0.184. The second kappa shape index (κ2) is 26.1. The van der Waals surface area contributed by atoms with Crippen LogP contribution < -0.4 is 0 Å². The van der Waals surface area contributed by atoms with Gasteiger partial charge in [-0.05, 0) is 24.1 Å². The standard InChI is InChI=1S/C34H60O3/c1-2-3-4-5-6-7-8-9-10-11-12-13-14-15-16-17-18-19-20-21-22-23-24-25-34(36)37-31-30-32-26-28-33(35)29-27-32/h26-29,35H,2-25,30-31H2,1H3. The van der Waals surface area contributed by atoms with Gasteiger partial charge in [-0.3, -0.25) is 4.79 Å². The van der Waals surface area contributed by atoms with E-state index in [-0.39, 0.29) is 11.7 Å². The third-order valence-corrected chi connectivity index (χ3v) is 7.57. The van der Waals surface area contributed by atoms with Crippen LogP contribution in [0, 0.1) is 0 Å². The Balaban J connectivity index is 1.70. The van der Waals surface area contributed by atoms with Gasteiger partial charge in [0.05, 0.1) is 6.61 Å². The normalized spacial score (nSPS) is 11.2. The molecule has 0 aliphatic rings. The van der Waals surface area contributed by atoms with Gasteiger partial charge in [-0.1, -0.05) is 160 Å². The van der Waals surface area contributed by atoms with Crippen molar-refractivity contribution in [1.82, 2.24) is 0 Å². The van der Waals surface area contributed by atoms with Crippen molar-refractivity contribution in [1.29, 1.82) is 0 Å². The fraction of sp³-hybridized carbons (Fsp3) is 0.794. The summed E-state index contributed by atoms with van der Waals surface area (Å²) in [6, 6.07) is 7.06. The molecule has 1 rings (SSSR count). The lowest BCUT2D eigenvalue weighted by Crippen LogP contribution is -2.07. The van der Waals surface area contributed by atoms with Crippen LogP contribution in [0.1, 0.15) is 167 Å². The van der Waals surface area contributed by atoms with Crippen molar-refractivity contribution < 1.29 is 14.6 Å². The monoisotopic (exact) mass is 516 g/mol. The van der Waals surface area contributed by atoms with Crippen molar-refractivity contribution in [3.05, 3.63) is 29.8 Å². The Hall–Kier alpha value is -1.51. The van der Waals surface area contributed by atoms with Crippen molar-refractivity contribution in [2.45, 2.75) is 167 Å². The van der Waals surface area contributed by atoms with E-state index in [2.05, 4.69) is 6.92 Å². The van der Waals surface area contributed by atoms with Gasteiger partial charge in [-0.25, -0.2) is 0 Å². The largest absolute Gasteiger partial charge is 0.508 e. The van der Waals surface area contributed by atoms with Crippen molar-refractivity contribution >= 4 is 5.97 Å². The zero-order valence-electron chi connectivity index (χ0n) is 24.5. The minimum atomic E-state index is -0.0812. The van der Waals surface area contributed by atoms with Crippen LogP contribution in [0.25, 0.3) is 0 Å². The van der Waals surface area contributed by atoms with E-state index in [1.807, 2.05) is 12.1 Å². The molecule has 0 heterocycles. The van der Waals surface area contributed by atoms with Crippen LogP contribution in [0.3, 0.4) is 0 Å². The zero-order chi connectivity index (χ0) is 26.7. The number of carbonyl (C=O) groups excluding carboxylic acids is 1. The third kappa shape index (κ3) is 23.3. The van der Waals surface area contributed by atoms with E-state index in [0.717, 1.165) is 18.4 Å². The highest BCUT2D eigenvalue weighted by Gasteiger charge is 2.03. The summed E-state index contributed by atoms with van der Waals surface area (Å²) in [4.78, 5) is 11.8. The maximum absolute atomic E-state index is 11.8. The number of phenols is 1. The fourth-order valence-electron chi connectivity index (χ4n) is 5.07. The average molecular weight is 517 g/mol. The van der Waals surface area contributed by atoms with Gasteiger partial charge in [-0.15, -0.1) is 0 Å². The van der Waals surface area contributed by atoms with Crippen LogP contribution in [0.5, 0.6) is 5.75 Å². The number of hydrogen-bond acceptors (Lipinski definition) is 3. The predicted molar refractivity (Wildman–Crippen MR) is 159 cm³/mol. The number of hydrogen-bond donors (Lipinski definition) is 1. The molecule has 1 aromatic carbocycles. The molecule has 37 heavy (non-hydrogen) atoms. The highest BCUT2D eigenvalue weighted by atomic mass is 16.5. The molecule has 0 saturated carbocycles. The van der Waals surface area contributed by atoms with Crippen LogP contribution in [0.15, 0.2) is 24.3 Å². The summed E-state index contributed by atoms with van der Waals surface area (Å²) in [6.07, 6.45) is 33.0. The van der Waals surface area contributed by atoms with E-state index in [1.54, 1.807) is 12.1 Å². The molecule has 0 aromatic heterocycles. The molecule has 0 fully saturated rings. The maximum Gasteiger partial charge on any atom is 0.305 e. The Morgan fingerprint density at radius 1 is 0.568 bits per heavy atom. The summed E-state index contributed by atoms with van der Waals surface area (Å²) >= 11 is 0. The lowest BCUT2D eigenvalue weighted by atomic mass is 10.0. The first kappa shape index (κ1) is 33.5. The van der Waals surface area contributed by atoms with E-state index in [9.17, 15) is 9.90 Å². The van der Waals surface area contributed by atoms with Crippen LogP contribution >= 0.6 is 0 Å². The summed E-state index contributed by atoms with van der Waals surface area (Å²) < 4.78 is 5.32. The van der Waals surface area contributed by atoms with Crippen molar-refractivity contribution in [3.8, 4) is 5.75 Å². The van der Waals surface area contributed by atoms with Crippen LogP contribution in [-0.4, -0.2) is 17.7 Å². The molecule has 214 valence electrons. The summed E-state index contributed by atoms with van der Waals surface area (Å²) in [5, 5.41) is 9.29. The smallest absolute Gasteiger partial charge is 0.305 e. The second-order valence-electron chi connectivity index (χ2n) is 11.2. The first-order valence-corrected chi connectivity index (χ1v) is 16.2. The Labute approximate surface area is 230 Å². The van der Waals surface area contributed by atoms with Gasteiger partial charge in [0.25, 0.3) is 0 Å². The van der Waals surface area contributed by atoms with E-state index in [1.165, 1.54) is 135 Å². The average Bonchev–Trinajstić information content (AvgIpc) is 2.90. The quantitative estimate of drug-likeness (QED) is 0.0934. The molecule has 0 bridgehead atoms. The molecule has 1 aromatic rings. The van der Waals surface area contributed by atoms with Crippen molar-refractivity contribution in [2.75, 3.05) is 6.61 Å². The predicted octanol–water partition coefficient (Wildman–Crippen LogP) is 10.9. The van der Waals surface area contributed by atoms with Gasteiger partial charge in [-0.2, -0.15) is 0 Å². The molecule has 3 nitrogen and oxygen atoms in total.